The molecular formula is C18H17Cl6NO4. The lowest BCUT2D eigenvalue weighted by molar-refractivity contribution is -0.192. The molecule has 160 valence electrons. The third-order valence-corrected chi connectivity index (χ3v) is 11.4. The van der Waals surface area contributed by atoms with Crippen LogP contribution in [0.1, 0.15) is 26.2 Å². The molecule has 0 spiro atoms. The van der Waals surface area contributed by atoms with E-state index in [1.54, 1.807) is 0 Å². The molecule has 29 heavy (non-hydrogen) atoms. The number of fused-ring (bicyclic) bond motifs is 12. The number of ether oxygens (including phenoxy) is 1. The van der Waals surface area contributed by atoms with Gasteiger partial charge in [-0.05, 0) is 6.42 Å². The van der Waals surface area contributed by atoms with E-state index in [9.17, 15) is 9.59 Å². The van der Waals surface area contributed by atoms with Gasteiger partial charge in [-0.3, -0.25) is 14.4 Å². The zero-order valence-electron chi connectivity index (χ0n) is 15.1. The SMILES string of the molecule is CCCCCON1C(=O)[C@H]2[C@H]3O[C@H]([C@@H]2C1=O)[C@@H]1[C@@H]3[C@]2(Cl)C(Cl)=C(Cl)[C@]1(Cl)C2(Cl)Cl. The first-order chi connectivity index (χ1) is 13.6. The molecule has 3 saturated heterocycles. The van der Waals surface area contributed by atoms with E-state index in [2.05, 4.69) is 6.92 Å². The van der Waals surface area contributed by atoms with Crippen LogP contribution in [0.2, 0.25) is 0 Å². The minimum absolute atomic E-state index is 0.0687. The molecule has 8 atom stereocenters. The molecule has 0 radical (unpaired) electrons. The summed E-state index contributed by atoms with van der Waals surface area (Å²) in [5.74, 6) is -3.46. The van der Waals surface area contributed by atoms with E-state index < -0.39 is 61.8 Å². The van der Waals surface area contributed by atoms with Gasteiger partial charge in [-0.2, -0.15) is 5.06 Å². The van der Waals surface area contributed by atoms with Gasteiger partial charge in [0.15, 0.2) is 4.33 Å². The molecule has 2 amide bonds. The first kappa shape index (κ1) is 21.4. The summed E-state index contributed by atoms with van der Waals surface area (Å²) in [6.07, 6.45) is 1.29. The quantitative estimate of drug-likeness (QED) is 0.301. The van der Waals surface area contributed by atoms with Gasteiger partial charge < -0.3 is 4.74 Å². The van der Waals surface area contributed by atoms with Crippen LogP contribution in [-0.2, 0) is 19.2 Å². The third-order valence-electron chi connectivity index (χ3n) is 7.11. The van der Waals surface area contributed by atoms with E-state index in [1.807, 2.05) is 0 Å². The maximum atomic E-state index is 13.0. The van der Waals surface area contributed by atoms with Gasteiger partial charge in [-0.25, -0.2) is 0 Å². The predicted octanol–water partition coefficient (Wildman–Crippen LogP) is 4.57. The molecule has 0 aromatic carbocycles. The summed E-state index contributed by atoms with van der Waals surface area (Å²) < 4.78 is 4.37. The number of nitrogens with zero attached hydrogens (tertiary/aromatic N) is 1. The Balaban J connectivity index is 1.50. The van der Waals surface area contributed by atoms with Crippen molar-refractivity contribution in [2.75, 3.05) is 6.61 Å². The highest BCUT2D eigenvalue weighted by Crippen LogP contribution is 2.81. The highest BCUT2D eigenvalue weighted by Gasteiger charge is 2.90. The van der Waals surface area contributed by atoms with Gasteiger partial charge in [-0.1, -0.05) is 66.2 Å². The molecule has 0 unspecified atom stereocenters. The lowest BCUT2D eigenvalue weighted by atomic mass is 9.65. The number of amides is 2. The van der Waals surface area contributed by atoms with E-state index in [4.69, 9.17) is 79.2 Å². The van der Waals surface area contributed by atoms with E-state index in [0.29, 0.717) is 6.61 Å². The van der Waals surface area contributed by atoms with Gasteiger partial charge >= 0.3 is 0 Å². The van der Waals surface area contributed by atoms with Gasteiger partial charge in [0.2, 0.25) is 0 Å². The number of rotatable bonds is 5. The monoisotopic (exact) mass is 521 g/mol. The van der Waals surface area contributed by atoms with Crippen LogP contribution in [0.5, 0.6) is 0 Å². The van der Waals surface area contributed by atoms with Gasteiger partial charge in [0.05, 0.1) is 40.7 Å². The fourth-order valence-corrected chi connectivity index (χ4v) is 8.97. The van der Waals surface area contributed by atoms with Crippen LogP contribution >= 0.6 is 69.6 Å². The molecular weight excluding hydrogens is 507 g/mol. The molecule has 5 nitrogen and oxygen atoms in total. The standard InChI is InChI=1S/C18H17Cl6NO4/c1-2-3-4-5-28-25-14(26)6-7(15(25)27)11-9-8(10(6)29-11)16(21)12(19)13(20)17(9,22)18(16,23)24/h6-11H,2-5H2,1H3/t6-,7-,8+,9+,10-,11-,16+,17+/m1/s1. The number of imide groups is 1. The summed E-state index contributed by atoms with van der Waals surface area (Å²) in [6, 6.07) is 0. The van der Waals surface area contributed by atoms with E-state index >= 15 is 0 Å². The van der Waals surface area contributed by atoms with Crippen molar-refractivity contribution < 1.29 is 19.2 Å². The molecule has 0 aromatic heterocycles. The molecule has 5 rings (SSSR count). The molecule has 0 aromatic rings. The number of halogens is 6. The Morgan fingerprint density at radius 2 is 1.41 bits per heavy atom. The molecule has 2 aliphatic carbocycles. The topological polar surface area (TPSA) is 55.8 Å². The third kappa shape index (κ3) is 2.16. The number of carbonyl (C=O) groups excluding carboxylic acids is 2. The van der Waals surface area contributed by atoms with E-state index in [-0.39, 0.29) is 10.1 Å². The maximum absolute atomic E-state index is 13.0. The average Bonchev–Trinajstić information content (AvgIpc) is 3.37. The summed E-state index contributed by atoms with van der Waals surface area (Å²) in [6.45, 7) is 2.35. The number of hydrogen-bond acceptors (Lipinski definition) is 4. The molecule has 4 fully saturated rings. The van der Waals surface area contributed by atoms with Gasteiger partial charge in [0, 0.05) is 11.8 Å². The zero-order valence-corrected chi connectivity index (χ0v) is 19.7. The van der Waals surface area contributed by atoms with Crippen molar-refractivity contribution in [1.29, 1.82) is 0 Å². The van der Waals surface area contributed by atoms with Crippen molar-refractivity contribution in [1.82, 2.24) is 5.06 Å². The molecule has 0 N–H and O–H groups in total. The molecule has 1 saturated carbocycles. The number of unbranched alkanes of at least 4 members (excludes halogenated alkanes) is 2. The summed E-state index contributed by atoms with van der Waals surface area (Å²) in [5.41, 5.74) is 0. The average molecular weight is 524 g/mol. The summed E-state index contributed by atoms with van der Waals surface area (Å²) in [4.78, 5) is 28.5. The van der Waals surface area contributed by atoms with Crippen molar-refractivity contribution in [3.05, 3.63) is 10.1 Å². The Hall–Kier alpha value is 0.540. The lowest BCUT2D eigenvalue weighted by Gasteiger charge is -2.39. The summed E-state index contributed by atoms with van der Waals surface area (Å²) in [5, 5.41) is 1.02. The first-order valence-electron chi connectivity index (χ1n) is 9.54. The number of hydrogen-bond donors (Lipinski definition) is 0. The smallest absolute Gasteiger partial charge is 0.260 e. The Morgan fingerprint density at radius 1 is 0.931 bits per heavy atom. The second kappa shape index (κ2) is 6.54. The Kier molecular flexibility index (Phi) is 4.82. The molecule has 3 aliphatic heterocycles. The zero-order chi connectivity index (χ0) is 21.1. The molecule has 3 heterocycles. The van der Waals surface area contributed by atoms with Crippen molar-refractivity contribution in [2.45, 2.75) is 52.5 Å². The second-order valence-corrected chi connectivity index (χ2v) is 11.6. The maximum Gasteiger partial charge on any atom is 0.260 e. The van der Waals surface area contributed by atoms with Crippen molar-refractivity contribution in [3.63, 3.8) is 0 Å². The van der Waals surface area contributed by atoms with E-state index in [1.165, 1.54) is 0 Å². The summed E-state index contributed by atoms with van der Waals surface area (Å²) in [7, 11) is 0. The van der Waals surface area contributed by atoms with E-state index in [0.717, 1.165) is 24.3 Å². The van der Waals surface area contributed by atoms with Gasteiger partial charge in [0.25, 0.3) is 11.8 Å². The number of allylic oxidation sites excluding steroid dienone is 2. The first-order valence-corrected chi connectivity index (χ1v) is 11.8. The van der Waals surface area contributed by atoms with Crippen molar-refractivity contribution >= 4 is 81.4 Å². The molecule has 5 aliphatic rings. The van der Waals surface area contributed by atoms with Crippen LogP contribution in [0.25, 0.3) is 0 Å². The highest BCUT2D eigenvalue weighted by molar-refractivity contribution is 6.65. The largest absolute Gasteiger partial charge is 0.373 e. The van der Waals surface area contributed by atoms with Crippen LogP contribution in [0.3, 0.4) is 0 Å². The van der Waals surface area contributed by atoms with Crippen molar-refractivity contribution in [2.24, 2.45) is 23.7 Å². The normalized spacial score (nSPS) is 48.9. The van der Waals surface area contributed by atoms with Crippen LogP contribution < -0.4 is 0 Å². The van der Waals surface area contributed by atoms with Crippen LogP contribution in [0.15, 0.2) is 10.1 Å². The van der Waals surface area contributed by atoms with Gasteiger partial charge in [-0.15, -0.1) is 23.2 Å². The number of carbonyl (C=O) groups is 2. The number of alkyl halides is 4. The van der Waals surface area contributed by atoms with Crippen LogP contribution in [0, 0.1) is 23.7 Å². The molecule has 4 bridgehead atoms. The predicted molar refractivity (Wildman–Crippen MR) is 110 cm³/mol. The Morgan fingerprint density at radius 3 is 1.86 bits per heavy atom. The van der Waals surface area contributed by atoms with Gasteiger partial charge in [0.1, 0.15) is 9.75 Å². The van der Waals surface area contributed by atoms with Crippen molar-refractivity contribution in [3.8, 4) is 0 Å². The number of hydroxylamine groups is 2. The Labute approximate surface area is 197 Å². The summed E-state index contributed by atoms with van der Waals surface area (Å²) >= 11 is 40.0. The van der Waals surface area contributed by atoms with Crippen LogP contribution in [0.4, 0.5) is 0 Å². The van der Waals surface area contributed by atoms with Crippen LogP contribution in [-0.4, -0.2) is 49.8 Å². The molecule has 11 heteroatoms. The fourth-order valence-electron chi connectivity index (χ4n) is 5.91. The Bertz CT molecular complexity index is 792. The highest BCUT2D eigenvalue weighted by atomic mass is 35.5. The second-order valence-electron chi connectivity index (χ2n) is 8.31. The minimum Gasteiger partial charge on any atom is -0.373 e. The lowest BCUT2D eigenvalue weighted by Crippen LogP contribution is -2.50. The minimum atomic E-state index is -1.71. The fraction of sp³-hybridized carbons (Fsp3) is 0.778.